The Balaban J connectivity index is 1.58. The predicted molar refractivity (Wildman–Crippen MR) is 98.9 cm³/mol. The van der Waals surface area contributed by atoms with Crippen LogP contribution in [0, 0.1) is 6.92 Å². The van der Waals surface area contributed by atoms with E-state index in [0.717, 1.165) is 28.2 Å². The van der Waals surface area contributed by atoms with E-state index < -0.39 is 0 Å². The smallest absolute Gasteiger partial charge is 0.315 e. The van der Waals surface area contributed by atoms with Gasteiger partial charge in [-0.15, -0.1) is 0 Å². The van der Waals surface area contributed by atoms with Gasteiger partial charge in [0.15, 0.2) is 11.5 Å². The van der Waals surface area contributed by atoms with Crippen molar-refractivity contribution in [2.45, 2.75) is 26.4 Å². The highest BCUT2D eigenvalue weighted by Crippen LogP contribution is 2.30. The van der Waals surface area contributed by atoms with Gasteiger partial charge in [0.1, 0.15) is 19.0 Å². The normalized spacial score (nSPS) is 13.7. The third kappa shape index (κ3) is 4.20. The Morgan fingerprint density at radius 1 is 1.15 bits per heavy atom. The Kier molecular flexibility index (Phi) is 5.51. The zero-order valence-corrected chi connectivity index (χ0v) is 15.3. The Bertz CT molecular complexity index is 791. The molecule has 1 aliphatic heterocycles. The second-order valence-electron chi connectivity index (χ2n) is 6.27. The molecule has 0 bridgehead atoms. The van der Waals surface area contributed by atoms with Crippen LogP contribution in [0.3, 0.4) is 0 Å². The zero-order chi connectivity index (χ0) is 18.5. The van der Waals surface area contributed by atoms with Gasteiger partial charge in [0, 0.05) is 12.1 Å². The summed E-state index contributed by atoms with van der Waals surface area (Å²) >= 11 is 0. The van der Waals surface area contributed by atoms with Gasteiger partial charge >= 0.3 is 6.03 Å². The summed E-state index contributed by atoms with van der Waals surface area (Å²) < 4.78 is 16.5. The van der Waals surface area contributed by atoms with Crippen LogP contribution in [0.5, 0.6) is 17.2 Å². The summed E-state index contributed by atoms with van der Waals surface area (Å²) in [5.74, 6) is 2.22. The second kappa shape index (κ2) is 7.99. The molecule has 2 aromatic carbocycles. The van der Waals surface area contributed by atoms with Crippen LogP contribution < -0.4 is 24.8 Å². The first-order valence-corrected chi connectivity index (χ1v) is 8.64. The molecule has 138 valence electrons. The van der Waals surface area contributed by atoms with Gasteiger partial charge in [-0.2, -0.15) is 0 Å². The number of benzene rings is 2. The summed E-state index contributed by atoms with van der Waals surface area (Å²) in [5.41, 5.74) is 3.01. The van der Waals surface area contributed by atoms with E-state index >= 15 is 0 Å². The molecule has 0 aliphatic carbocycles. The van der Waals surface area contributed by atoms with Crippen LogP contribution >= 0.6 is 0 Å². The number of ether oxygens (including phenoxy) is 3. The Morgan fingerprint density at radius 2 is 1.92 bits per heavy atom. The number of rotatable bonds is 5. The van der Waals surface area contributed by atoms with Crippen LogP contribution in [-0.2, 0) is 6.54 Å². The molecule has 0 aromatic heterocycles. The van der Waals surface area contributed by atoms with E-state index in [0.29, 0.717) is 25.5 Å². The van der Waals surface area contributed by atoms with Gasteiger partial charge in [-0.3, -0.25) is 0 Å². The van der Waals surface area contributed by atoms with Crippen molar-refractivity contribution in [3.05, 3.63) is 53.1 Å². The molecular formula is C20H24N2O4. The van der Waals surface area contributed by atoms with Gasteiger partial charge in [0.25, 0.3) is 0 Å². The molecule has 1 aliphatic rings. The van der Waals surface area contributed by atoms with Gasteiger partial charge in [0.2, 0.25) is 0 Å². The molecule has 2 amide bonds. The Morgan fingerprint density at radius 3 is 2.69 bits per heavy atom. The average Bonchev–Trinajstić information content (AvgIpc) is 2.66. The molecule has 2 N–H and O–H groups in total. The molecule has 0 fully saturated rings. The van der Waals surface area contributed by atoms with Crippen molar-refractivity contribution in [3.8, 4) is 17.2 Å². The maximum atomic E-state index is 12.3. The van der Waals surface area contributed by atoms with Crippen LogP contribution in [0.25, 0.3) is 0 Å². The molecular weight excluding hydrogens is 332 g/mol. The lowest BCUT2D eigenvalue weighted by Gasteiger charge is -2.20. The van der Waals surface area contributed by atoms with Gasteiger partial charge in [-0.25, -0.2) is 4.79 Å². The van der Waals surface area contributed by atoms with Crippen molar-refractivity contribution in [1.82, 2.24) is 10.6 Å². The molecule has 26 heavy (non-hydrogen) atoms. The van der Waals surface area contributed by atoms with Crippen LogP contribution in [0.2, 0.25) is 0 Å². The number of hydrogen-bond donors (Lipinski definition) is 2. The minimum atomic E-state index is -0.240. The zero-order valence-electron chi connectivity index (χ0n) is 15.3. The summed E-state index contributed by atoms with van der Waals surface area (Å²) in [7, 11) is 1.63. The molecule has 0 radical (unpaired) electrons. The SMILES string of the molecule is COc1ccc(C)cc1C(C)NC(=O)NCc1ccc2c(c1)OCCO2. The summed E-state index contributed by atoms with van der Waals surface area (Å²) in [4.78, 5) is 12.3. The molecule has 0 spiro atoms. The van der Waals surface area contributed by atoms with E-state index in [4.69, 9.17) is 14.2 Å². The highest BCUT2D eigenvalue weighted by Gasteiger charge is 2.15. The Hall–Kier alpha value is -2.89. The maximum Gasteiger partial charge on any atom is 0.315 e. The van der Waals surface area contributed by atoms with Crippen molar-refractivity contribution < 1.29 is 19.0 Å². The van der Waals surface area contributed by atoms with Crippen LogP contribution in [-0.4, -0.2) is 26.4 Å². The van der Waals surface area contributed by atoms with Crippen molar-refractivity contribution in [2.75, 3.05) is 20.3 Å². The minimum Gasteiger partial charge on any atom is -0.496 e. The lowest BCUT2D eigenvalue weighted by Crippen LogP contribution is -2.36. The van der Waals surface area contributed by atoms with Crippen LogP contribution in [0.4, 0.5) is 4.79 Å². The number of carbonyl (C=O) groups excluding carboxylic acids is 1. The number of amides is 2. The number of fused-ring (bicyclic) bond motifs is 1. The molecule has 3 rings (SSSR count). The van der Waals surface area contributed by atoms with Crippen molar-refractivity contribution >= 4 is 6.03 Å². The quantitative estimate of drug-likeness (QED) is 0.862. The highest BCUT2D eigenvalue weighted by molar-refractivity contribution is 5.74. The first-order chi connectivity index (χ1) is 12.6. The van der Waals surface area contributed by atoms with Gasteiger partial charge in [0.05, 0.1) is 13.2 Å². The fraction of sp³-hybridized carbons (Fsp3) is 0.350. The topological polar surface area (TPSA) is 68.8 Å². The van der Waals surface area contributed by atoms with E-state index in [1.807, 2.05) is 50.2 Å². The second-order valence-corrected chi connectivity index (χ2v) is 6.27. The largest absolute Gasteiger partial charge is 0.496 e. The number of methoxy groups -OCH3 is 1. The van der Waals surface area contributed by atoms with E-state index in [2.05, 4.69) is 10.6 Å². The number of urea groups is 1. The summed E-state index contributed by atoms with van der Waals surface area (Å²) in [6.07, 6.45) is 0. The molecule has 1 heterocycles. The number of nitrogens with one attached hydrogen (secondary N) is 2. The van der Waals surface area contributed by atoms with E-state index in [1.165, 1.54) is 0 Å². The van der Waals surface area contributed by atoms with Gasteiger partial charge < -0.3 is 24.8 Å². The van der Waals surface area contributed by atoms with E-state index in [1.54, 1.807) is 7.11 Å². The van der Waals surface area contributed by atoms with Crippen molar-refractivity contribution in [3.63, 3.8) is 0 Å². The molecule has 0 saturated heterocycles. The number of hydrogen-bond acceptors (Lipinski definition) is 4. The van der Waals surface area contributed by atoms with Crippen LogP contribution in [0.15, 0.2) is 36.4 Å². The fourth-order valence-corrected chi connectivity index (χ4v) is 2.90. The van der Waals surface area contributed by atoms with Crippen LogP contribution in [0.1, 0.15) is 29.7 Å². The summed E-state index contributed by atoms with van der Waals surface area (Å²) in [6, 6.07) is 11.2. The van der Waals surface area contributed by atoms with E-state index in [9.17, 15) is 4.79 Å². The summed E-state index contributed by atoms with van der Waals surface area (Å²) in [5, 5.41) is 5.82. The standard InChI is InChI=1S/C20H24N2O4/c1-13-4-6-17(24-3)16(10-13)14(2)22-20(23)21-12-15-5-7-18-19(11-15)26-9-8-25-18/h4-7,10-11,14H,8-9,12H2,1-3H3,(H2,21,22,23). The van der Waals surface area contributed by atoms with Gasteiger partial charge in [-0.1, -0.05) is 23.8 Å². The highest BCUT2D eigenvalue weighted by atomic mass is 16.6. The third-order valence-electron chi connectivity index (χ3n) is 4.26. The van der Waals surface area contributed by atoms with Crippen molar-refractivity contribution in [1.29, 1.82) is 0 Å². The molecule has 1 atom stereocenters. The first kappa shape index (κ1) is 17.9. The lowest BCUT2D eigenvalue weighted by molar-refractivity contribution is 0.171. The number of aryl methyl sites for hydroxylation is 1. The average molecular weight is 356 g/mol. The van der Waals surface area contributed by atoms with Crippen molar-refractivity contribution in [2.24, 2.45) is 0 Å². The van der Waals surface area contributed by atoms with Gasteiger partial charge in [-0.05, 0) is 37.6 Å². The molecule has 6 nitrogen and oxygen atoms in total. The minimum absolute atomic E-state index is 0.176. The monoisotopic (exact) mass is 356 g/mol. The summed E-state index contributed by atoms with van der Waals surface area (Å²) in [6.45, 7) is 5.45. The molecule has 1 unspecified atom stereocenters. The number of carbonyl (C=O) groups is 1. The Labute approximate surface area is 153 Å². The molecule has 0 saturated carbocycles. The maximum absolute atomic E-state index is 12.3. The third-order valence-corrected chi connectivity index (χ3v) is 4.26. The van der Waals surface area contributed by atoms with E-state index in [-0.39, 0.29) is 12.1 Å². The predicted octanol–water partition coefficient (Wildman–Crippen LogP) is 3.34. The lowest BCUT2D eigenvalue weighted by atomic mass is 10.0. The fourth-order valence-electron chi connectivity index (χ4n) is 2.90. The molecule has 6 heteroatoms. The molecule has 2 aromatic rings. The first-order valence-electron chi connectivity index (χ1n) is 8.64.